The van der Waals surface area contributed by atoms with Crippen molar-refractivity contribution < 1.29 is 19.2 Å². The summed E-state index contributed by atoms with van der Waals surface area (Å²) >= 11 is 0. The summed E-state index contributed by atoms with van der Waals surface area (Å²) in [5.41, 5.74) is 0.462. The van der Waals surface area contributed by atoms with Crippen molar-refractivity contribution in [2.45, 2.75) is 18.9 Å². The average Bonchev–Trinajstić information content (AvgIpc) is 2.75. The van der Waals surface area contributed by atoms with Crippen LogP contribution in [0.2, 0.25) is 0 Å². The van der Waals surface area contributed by atoms with Gasteiger partial charge in [0, 0.05) is 18.6 Å². The van der Waals surface area contributed by atoms with Gasteiger partial charge in [0.1, 0.15) is 6.04 Å². The summed E-state index contributed by atoms with van der Waals surface area (Å²) in [5.74, 6) is -0.795. The topological polar surface area (TPSA) is 98.5 Å². The Kier molecular flexibility index (Phi) is 3.74. The van der Waals surface area contributed by atoms with Crippen LogP contribution in [0.1, 0.15) is 12.0 Å². The van der Waals surface area contributed by atoms with Crippen LogP contribution in [0, 0.1) is 10.1 Å². The van der Waals surface area contributed by atoms with E-state index in [4.69, 9.17) is 4.74 Å². The van der Waals surface area contributed by atoms with Crippen LogP contribution in [0.3, 0.4) is 0 Å². The SMILES string of the molecule is O=C(Cc1cccc([N+](=O)[O-])c1)N[C@H]1CCOC1=O. The fourth-order valence-electron chi connectivity index (χ4n) is 1.84. The molecular weight excluding hydrogens is 252 g/mol. The number of rotatable bonds is 4. The van der Waals surface area contributed by atoms with Gasteiger partial charge < -0.3 is 10.1 Å². The molecule has 7 nitrogen and oxygen atoms in total. The molecule has 1 aromatic rings. The number of nitrogens with one attached hydrogen (secondary N) is 1. The zero-order valence-electron chi connectivity index (χ0n) is 10.00. The van der Waals surface area contributed by atoms with Gasteiger partial charge in [0.05, 0.1) is 18.0 Å². The molecule has 0 radical (unpaired) electrons. The zero-order chi connectivity index (χ0) is 13.8. The molecule has 0 spiro atoms. The molecule has 0 aliphatic carbocycles. The van der Waals surface area contributed by atoms with Crippen LogP contribution in [0.15, 0.2) is 24.3 Å². The normalized spacial score (nSPS) is 17.9. The largest absolute Gasteiger partial charge is 0.464 e. The summed E-state index contributed by atoms with van der Waals surface area (Å²) in [5, 5.41) is 13.1. The number of non-ortho nitro benzene ring substituents is 1. The molecule has 0 aromatic heterocycles. The highest BCUT2D eigenvalue weighted by Crippen LogP contribution is 2.14. The second kappa shape index (κ2) is 5.47. The van der Waals surface area contributed by atoms with Crippen molar-refractivity contribution in [2.75, 3.05) is 6.61 Å². The molecule has 1 N–H and O–H groups in total. The Morgan fingerprint density at radius 3 is 2.95 bits per heavy atom. The Morgan fingerprint density at radius 1 is 1.53 bits per heavy atom. The minimum atomic E-state index is -0.605. The first-order chi connectivity index (χ1) is 9.06. The van der Waals surface area contributed by atoms with Gasteiger partial charge in [0.25, 0.3) is 5.69 Å². The van der Waals surface area contributed by atoms with Crippen LogP contribution in [0.4, 0.5) is 5.69 Å². The van der Waals surface area contributed by atoms with E-state index < -0.39 is 16.9 Å². The van der Waals surface area contributed by atoms with E-state index in [1.807, 2.05) is 0 Å². The highest BCUT2D eigenvalue weighted by molar-refractivity contribution is 5.86. The molecule has 0 bridgehead atoms. The highest BCUT2D eigenvalue weighted by Gasteiger charge is 2.27. The van der Waals surface area contributed by atoms with Crippen LogP contribution in [0.25, 0.3) is 0 Å². The van der Waals surface area contributed by atoms with Gasteiger partial charge in [0.15, 0.2) is 0 Å². The molecule has 1 heterocycles. The van der Waals surface area contributed by atoms with Crippen molar-refractivity contribution in [3.05, 3.63) is 39.9 Å². The summed E-state index contributed by atoms with van der Waals surface area (Å²) in [4.78, 5) is 33.0. The summed E-state index contributed by atoms with van der Waals surface area (Å²) in [6.07, 6.45) is 0.449. The van der Waals surface area contributed by atoms with E-state index in [0.717, 1.165) is 0 Å². The van der Waals surface area contributed by atoms with Gasteiger partial charge in [-0.2, -0.15) is 0 Å². The summed E-state index contributed by atoms with van der Waals surface area (Å²) in [6, 6.07) is 5.23. The maximum absolute atomic E-state index is 11.7. The maximum atomic E-state index is 11.7. The fraction of sp³-hybridized carbons (Fsp3) is 0.333. The van der Waals surface area contributed by atoms with Crippen molar-refractivity contribution in [2.24, 2.45) is 0 Å². The monoisotopic (exact) mass is 264 g/mol. The Labute approximate surface area is 108 Å². The second-order valence-corrected chi connectivity index (χ2v) is 4.18. The number of cyclic esters (lactones) is 1. The van der Waals surface area contributed by atoms with E-state index in [1.54, 1.807) is 6.07 Å². The fourth-order valence-corrected chi connectivity index (χ4v) is 1.84. The first kappa shape index (κ1) is 13.0. The lowest BCUT2D eigenvalue weighted by molar-refractivity contribution is -0.384. The number of nitrogens with zero attached hydrogens (tertiary/aromatic N) is 1. The lowest BCUT2D eigenvalue weighted by Crippen LogP contribution is -2.38. The standard InChI is InChI=1S/C12H12N2O5/c15-11(13-10-4-5-19-12(10)16)7-8-2-1-3-9(6-8)14(17)18/h1-3,6,10H,4-5,7H2,(H,13,15)/t10-/m0/s1. The Bertz CT molecular complexity index is 529. The predicted molar refractivity (Wildman–Crippen MR) is 64.3 cm³/mol. The summed E-state index contributed by atoms with van der Waals surface area (Å²) in [6.45, 7) is 0.306. The Morgan fingerprint density at radius 2 is 2.32 bits per heavy atom. The van der Waals surface area contributed by atoms with Crippen LogP contribution >= 0.6 is 0 Å². The Balaban J connectivity index is 1.97. The van der Waals surface area contributed by atoms with Crippen molar-refractivity contribution >= 4 is 17.6 Å². The number of carbonyl (C=O) groups is 2. The van der Waals surface area contributed by atoms with Gasteiger partial charge >= 0.3 is 5.97 Å². The summed E-state index contributed by atoms with van der Waals surface area (Å²) in [7, 11) is 0. The van der Waals surface area contributed by atoms with E-state index in [0.29, 0.717) is 18.6 Å². The number of nitro benzene ring substituents is 1. The molecule has 19 heavy (non-hydrogen) atoms. The quantitative estimate of drug-likeness (QED) is 0.487. The van der Waals surface area contributed by atoms with Crippen molar-refractivity contribution in [3.63, 3.8) is 0 Å². The van der Waals surface area contributed by atoms with Crippen LogP contribution in [-0.4, -0.2) is 29.4 Å². The smallest absolute Gasteiger partial charge is 0.328 e. The van der Waals surface area contributed by atoms with E-state index in [9.17, 15) is 19.7 Å². The molecule has 1 aromatic carbocycles. The molecule has 1 amide bonds. The van der Waals surface area contributed by atoms with Crippen molar-refractivity contribution in [1.29, 1.82) is 0 Å². The van der Waals surface area contributed by atoms with Gasteiger partial charge in [-0.25, -0.2) is 4.79 Å². The van der Waals surface area contributed by atoms with Crippen molar-refractivity contribution in [3.8, 4) is 0 Å². The van der Waals surface area contributed by atoms with Gasteiger partial charge in [-0.05, 0) is 5.56 Å². The maximum Gasteiger partial charge on any atom is 0.328 e. The molecular formula is C12H12N2O5. The Hall–Kier alpha value is -2.44. The molecule has 1 aliphatic rings. The van der Waals surface area contributed by atoms with Gasteiger partial charge in [-0.3, -0.25) is 14.9 Å². The molecule has 0 unspecified atom stereocenters. The molecule has 7 heteroatoms. The van der Waals surface area contributed by atoms with Crippen LogP contribution < -0.4 is 5.32 Å². The van der Waals surface area contributed by atoms with Gasteiger partial charge in [-0.1, -0.05) is 12.1 Å². The third-order valence-corrected chi connectivity index (χ3v) is 2.76. The number of hydrogen-bond acceptors (Lipinski definition) is 5. The van der Waals surface area contributed by atoms with Crippen LogP contribution in [-0.2, 0) is 20.7 Å². The number of amides is 1. The average molecular weight is 264 g/mol. The number of nitro groups is 1. The van der Waals surface area contributed by atoms with Gasteiger partial charge in [-0.15, -0.1) is 0 Å². The molecule has 2 rings (SSSR count). The number of hydrogen-bond donors (Lipinski definition) is 1. The number of esters is 1. The number of benzene rings is 1. The van der Waals surface area contributed by atoms with E-state index in [1.165, 1.54) is 18.2 Å². The van der Waals surface area contributed by atoms with Crippen molar-refractivity contribution in [1.82, 2.24) is 5.32 Å². The molecule has 100 valence electrons. The second-order valence-electron chi connectivity index (χ2n) is 4.18. The number of carbonyl (C=O) groups excluding carboxylic acids is 2. The van der Waals surface area contributed by atoms with Crippen LogP contribution in [0.5, 0.6) is 0 Å². The zero-order valence-corrected chi connectivity index (χ0v) is 10.00. The van der Waals surface area contributed by atoms with E-state index in [2.05, 4.69) is 5.32 Å². The molecule has 0 saturated carbocycles. The predicted octanol–water partition coefficient (Wildman–Crippen LogP) is 0.569. The van der Waals surface area contributed by atoms with E-state index >= 15 is 0 Å². The third-order valence-electron chi connectivity index (χ3n) is 2.76. The molecule has 1 aliphatic heterocycles. The highest BCUT2D eigenvalue weighted by atomic mass is 16.6. The lowest BCUT2D eigenvalue weighted by Gasteiger charge is -2.08. The first-order valence-electron chi connectivity index (χ1n) is 5.75. The lowest BCUT2D eigenvalue weighted by atomic mass is 10.1. The van der Waals surface area contributed by atoms with Gasteiger partial charge in [0.2, 0.25) is 5.91 Å². The minimum Gasteiger partial charge on any atom is -0.464 e. The molecule has 1 fully saturated rings. The first-order valence-corrected chi connectivity index (χ1v) is 5.75. The molecule has 1 saturated heterocycles. The minimum absolute atomic E-state index is 0.00847. The number of ether oxygens (including phenoxy) is 1. The van der Waals surface area contributed by atoms with E-state index in [-0.39, 0.29) is 18.0 Å². The third kappa shape index (κ3) is 3.27. The summed E-state index contributed by atoms with van der Waals surface area (Å²) < 4.78 is 4.72. The molecule has 1 atom stereocenters.